The standard InChI is InChI=1S/C19H22F2N4O3S/c1-18(2)17(23)25-19(3,9-29(18,27)28)13-6-11(7-14(20)15(13)21)24-16(26)12(8-22)10-4-5-10/h6-7,10,12H,4-5,9H2,1-3H3,(H2,23,25)(H,24,26)/t12?,19-/m0/s1. The third kappa shape index (κ3) is 3.59. The van der Waals surface area contributed by atoms with Crippen molar-refractivity contribution in [3.05, 3.63) is 29.3 Å². The fourth-order valence-electron chi connectivity index (χ4n) is 3.36. The number of nitrogens with one attached hydrogen (secondary N) is 1. The Balaban J connectivity index is 2.03. The van der Waals surface area contributed by atoms with Crippen LogP contribution in [0.4, 0.5) is 14.5 Å². The van der Waals surface area contributed by atoms with Crippen molar-refractivity contribution >= 4 is 27.3 Å². The van der Waals surface area contributed by atoms with Crippen LogP contribution < -0.4 is 11.1 Å². The number of aliphatic imine (C=N–C) groups is 1. The number of benzene rings is 1. The van der Waals surface area contributed by atoms with Gasteiger partial charge in [-0.3, -0.25) is 9.79 Å². The Labute approximate surface area is 167 Å². The lowest BCUT2D eigenvalue weighted by molar-refractivity contribution is -0.118. The number of anilines is 1. The summed E-state index contributed by atoms with van der Waals surface area (Å²) in [4.78, 5) is 16.5. The Morgan fingerprint density at radius 2 is 1.97 bits per heavy atom. The lowest BCUT2D eigenvalue weighted by Gasteiger charge is -2.38. The Bertz CT molecular complexity index is 1060. The monoisotopic (exact) mass is 424 g/mol. The van der Waals surface area contributed by atoms with E-state index >= 15 is 0 Å². The van der Waals surface area contributed by atoms with E-state index in [1.807, 2.05) is 6.07 Å². The molecule has 2 aliphatic rings. The normalized spacial score (nSPS) is 26.1. The molecule has 0 radical (unpaired) electrons. The molecule has 1 unspecified atom stereocenters. The lowest BCUT2D eigenvalue weighted by Crippen LogP contribution is -2.55. The van der Waals surface area contributed by atoms with Crippen molar-refractivity contribution < 1.29 is 22.0 Å². The molecule has 0 saturated heterocycles. The first-order valence-electron chi connectivity index (χ1n) is 9.10. The molecule has 10 heteroatoms. The molecule has 156 valence electrons. The third-order valence-electron chi connectivity index (χ3n) is 5.62. The molecule has 1 aromatic rings. The topological polar surface area (TPSA) is 125 Å². The molecule has 1 aromatic carbocycles. The van der Waals surface area contributed by atoms with Gasteiger partial charge in [-0.2, -0.15) is 5.26 Å². The van der Waals surface area contributed by atoms with Gasteiger partial charge in [-0.15, -0.1) is 0 Å². The van der Waals surface area contributed by atoms with Gasteiger partial charge in [-0.05, 0) is 45.6 Å². The van der Waals surface area contributed by atoms with E-state index in [1.165, 1.54) is 20.8 Å². The van der Waals surface area contributed by atoms with Crippen molar-refractivity contribution in [3.63, 3.8) is 0 Å². The molecule has 2 atom stereocenters. The van der Waals surface area contributed by atoms with Crippen LogP contribution in [0.5, 0.6) is 0 Å². The van der Waals surface area contributed by atoms with Crippen LogP contribution in [-0.4, -0.2) is 30.7 Å². The van der Waals surface area contributed by atoms with Crippen LogP contribution >= 0.6 is 0 Å². The average molecular weight is 424 g/mol. The number of nitrogens with zero attached hydrogens (tertiary/aromatic N) is 2. The molecule has 1 aliphatic carbocycles. The highest BCUT2D eigenvalue weighted by atomic mass is 32.2. The summed E-state index contributed by atoms with van der Waals surface area (Å²) in [5.74, 6) is -4.86. The molecule has 1 heterocycles. The number of nitriles is 1. The Morgan fingerprint density at radius 3 is 2.48 bits per heavy atom. The maximum absolute atomic E-state index is 14.6. The number of amidine groups is 1. The van der Waals surface area contributed by atoms with Crippen LogP contribution in [0.25, 0.3) is 0 Å². The van der Waals surface area contributed by atoms with E-state index in [9.17, 15) is 27.3 Å². The molecule has 0 spiro atoms. The molecule has 1 fully saturated rings. The van der Waals surface area contributed by atoms with E-state index in [0.29, 0.717) is 0 Å². The Hall–Kier alpha value is -2.54. The fourth-order valence-corrected chi connectivity index (χ4v) is 5.05. The van der Waals surface area contributed by atoms with Gasteiger partial charge in [0.1, 0.15) is 22.0 Å². The quantitative estimate of drug-likeness (QED) is 0.767. The summed E-state index contributed by atoms with van der Waals surface area (Å²) in [6, 6.07) is 3.85. The van der Waals surface area contributed by atoms with E-state index in [2.05, 4.69) is 10.3 Å². The second-order valence-corrected chi connectivity index (χ2v) is 10.8. The minimum atomic E-state index is -3.83. The minimum absolute atomic E-state index is 0.0441. The molecule has 7 nitrogen and oxygen atoms in total. The van der Waals surface area contributed by atoms with Crippen LogP contribution in [-0.2, 0) is 20.2 Å². The van der Waals surface area contributed by atoms with Crippen molar-refractivity contribution in [3.8, 4) is 6.07 Å². The zero-order valence-corrected chi connectivity index (χ0v) is 17.1. The molecule has 1 amide bonds. The maximum atomic E-state index is 14.6. The van der Waals surface area contributed by atoms with Crippen molar-refractivity contribution in [1.82, 2.24) is 0 Å². The summed E-state index contributed by atoms with van der Waals surface area (Å²) in [5, 5.41) is 11.6. The minimum Gasteiger partial charge on any atom is -0.386 e. The summed E-state index contributed by atoms with van der Waals surface area (Å²) in [6.45, 7) is 4.14. The van der Waals surface area contributed by atoms with Gasteiger partial charge in [0.25, 0.3) is 0 Å². The van der Waals surface area contributed by atoms with E-state index in [-0.39, 0.29) is 23.0 Å². The number of sulfone groups is 1. The summed E-state index contributed by atoms with van der Waals surface area (Å²) in [5.41, 5.74) is 3.76. The number of hydrogen-bond acceptors (Lipinski definition) is 6. The van der Waals surface area contributed by atoms with Crippen LogP contribution in [0, 0.1) is 34.8 Å². The van der Waals surface area contributed by atoms with Crippen LogP contribution in [0.2, 0.25) is 0 Å². The molecule has 1 saturated carbocycles. The Morgan fingerprint density at radius 1 is 1.34 bits per heavy atom. The van der Waals surface area contributed by atoms with Gasteiger partial charge in [-0.25, -0.2) is 17.2 Å². The van der Waals surface area contributed by atoms with Gasteiger partial charge >= 0.3 is 0 Å². The molecular formula is C19H22F2N4O3S. The molecule has 0 bridgehead atoms. The van der Waals surface area contributed by atoms with E-state index in [0.717, 1.165) is 25.0 Å². The van der Waals surface area contributed by atoms with Gasteiger partial charge in [0, 0.05) is 17.3 Å². The number of rotatable bonds is 4. The summed E-state index contributed by atoms with van der Waals surface area (Å²) in [7, 11) is -3.83. The summed E-state index contributed by atoms with van der Waals surface area (Å²) < 4.78 is 52.9. The molecular weight excluding hydrogens is 402 g/mol. The predicted molar refractivity (Wildman–Crippen MR) is 104 cm³/mol. The van der Waals surface area contributed by atoms with Gasteiger partial charge in [0.05, 0.1) is 11.8 Å². The van der Waals surface area contributed by atoms with E-state index in [4.69, 9.17) is 5.73 Å². The number of amides is 1. The van der Waals surface area contributed by atoms with Crippen molar-refractivity contribution in [2.75, 3.05) is 11.1 Å². The van der Waals surface area contributed by atoms with Crippen LogP contribution in [0.1, 0.15) is 39.2 Å². The number of carbonyl (C=O) groups is 1. The van der Waals surface area contributed by atoms with Crippen molar-refractivity contribution in [1.29, 1.82) is 5.26 Å². The first-order chi connectivity index (χ1) is 13.3. The van der Waals surface area contributed by atoms with E-state index < -0.39 is 49.3 Å². The first-order valence-corrected chi connectivity index (χ1v) is 10.8. The summed E-state index contributed by atoms with van der Waals surface area (Å²) in [6.07, 6.45) is 1.52. The number of hydrogen-bond donors (Lipinski definition) is 2. The van der Waals surface area contributed by atoms with Crippen LogP contribution in [0.15, 0.2) is 17.1 Å². The Kier molecular flexibility index (Phi) is 4.94. The molecule has 3 rings (SSSR count). The zero-order chi connectivity index (χ0) is 21.8. The van der Waals surface area contributed by atoms with E-state index in [1.54, 1.807) is 0 Å². The number of carbonyl (C=O) groups excluding carboxylic acids is 1. The highest BCUT2D eigenvalue weighted by Gasteiger charge is 2.49. The second kappa shape index (κ2) is 6.76. The first kappa shape index (κ1) is 21.2. The zero-order valence-electron chi connectivity index (χ0n) is 16.3. The smallest absolute Gasteiger partial charge is 0.242 e. The second-order valence-electron chi connectivity index (χ2n) is 8.29. The van der Waals surface area contributed by atoms with Crippen molar-refractivity contribution in [2.24, 2.45) is 22.6 Å². The predicted octanol–water partition coefficient (Wildman–Crippen LogP) is 2.23. The molecule has 3 N–H and O–H groups in total. The van der Waals surface area contributed by atoms with Gasteiger partial charge in [0.2, 0.25) is 5.91 Å². The average Bonchev–Trinajstić information content (AvgIpc) is 3.41. The highest BCUT2D eigenvalue weighted by molar-refractivity contribution is 7.93. The maximum Gasteiger partial charge on any atom is 0.242 e. The largest absolute Gasteiger partial charge is 0.386 e. The lowest BCUT2D eigenvalue weighted by atomic mass is 9.92. The van der Waals surface area contributed by atoms with Crippen molar-refractivity contribution in [2.45, 2.75) is 43.9 Å². The molecule has 1 aliphatic heterocycles. The van der Waals surface area contributed by atoms with Gasteiger partial charge < -0.3 is 11.1 Å². The molecule has 0 aromatic heterocycles. The number of halogens is 2. The third-order valence-corrected chi connectivity index (χ3v) is 8.33. The molecule has 29 heavy (non-hydrogen) atoms. The van der Waals surface area contributed by atoms with Gasteiger partial charge in [0.15, 0.2) is 21.5 Å². The summed E-state index contributed by atoms with van der Waals surface area (Å²) >= 11 is 0. The fraction of sp³-hybridized carbons (Fsp3) is 0.526. The van der Waals surface area contributed by atoms with Crippen LogP contribution in [0.3, 0.4) is 0 Å². The van der Waals surface area contributed by atoms with Gasteiger partial charge in [-0.1, -0.05) is 0 Å². The highest BCUT2D eigenvalue weighted by Crippen LogP contribution is 2.40. The SMILES string of the molecule is CC1(C)C(N)=N[C@](C)(c2cc(NC(=O)C(C#N)C3CC3)cc(F)c2F)CS1(=O)=O. The number of nitrogens with two attached hydrogens (primary N) is 1.